The fourth-order valence-corrected chi connectivity index (χ4v) is 3.94. The monoisotopic (exact) mass is 510 g/mol. The second-order valence-corrected chi connectivity index (χ2v) is 8.38. The summed E-state index contributed by atoms with van der Waals surface area (Å²) < 4.78 is 57.0. The van der Waals surface area contributed by atoms with E-state index in [0.717, 1.165) is 14.7 Å². The second kappa shape index (κ2) is 11.6. The first-order valence-corrected chi connectivity index (χ1v) is 11.3. The molecule has 0 saturated carbocycles. The Kier molecular flexibility index (Phi) is 10.2. The molecular formula is C18H23IO7S. The van der Waals surface area contributed by atoms with E-state index in [1.807, 2.05) is 32.0 Å². The predicted octanol–water partition coefficient (Wildman–Crippen LogP) is -0.558. The van der Waals surface area contributed by atoms with Gasteiger partial charge >= 0.3 is 21.6 Å². The lowest BCUT2D eigenvalue weighted by Crippen LogP contribution is -3.61. The molecule has 9 heteroatoms. The smallest absolute Gasteiger partial charge is 0.523 e. The standard InChI is InChI=1S/C11H16IO4.C7H8O3S/c1-8(15-3)9-5-4-6-10(11(9)12-13)16-7-14-2;1-6-2-4-7(5-3-6)11(8,9)10/h4-6,8,13H,7H2,1-3H3;2-5H,1H3,(H,8,9,10)/q+1;/p-1/t8-;/m0./s1. The summed E-state index contributed by atoms with van der Waals surface area (Å²) in [5.74, 6) is 0.679. The molecule has 0 aliphatic heterocycles. The van der Waals surface area contributed by atoms with Gasteiger partial charge in [0.1, 0.15) is 10.1 Å². The van der Waals surface area contributed by atoms with Gasteiger partial charge in [0.2, 0.25) is 0 Å². The minimum absolute atomic E-state index is 0.0482. The summed E-state index contributed by atoms with van der Waals surface area (Å²) in [6, 6.07) is 11.4. The highest BCUT2D eigenvalue weighted by Gasteiger charge is 2.25. The van der Waals surface area contributed by atoms with Gasteiger partial charge in [-0.25, -0.2) is 8.42 Å². The number of ether oxygens (including phenoxy) is 3. The van der Waals surface area contributed by atoms with E-state index < -0.39 is 31.7 Å². The molecule has 0 amide bonds. The van der Waals surface area contributed by atoms with Gasteiger partial charge in [-0.2, -0.15) is 3.44 Å². The summed E-state index contributed by atoms with van der Waals surface area (Å²) in [6.07, 6.45) is -0.0482. The van der Waals surface area contributed by atoms with E-state index in [4.69, 9.17) is 14.2 Å². The van der Waals surface area contributed by atoms with Gasteiger partial charge in [0.15, 0.2) is 12.5 Å². The van der Waals surface area contributed by atoms with E-state index in [0.29, 0.717) is 5.75 Å². The van der Waals surface area contributed by atoms with Crippen LogP contribution in [0.2, 0.25) is 0 Å². The number of methoxy groups -OCH3 is 2. The normalized spacial score (nSPS) is 12.1. The van der Waals surface area contributed by atoms with Gasteiger partial charge in [-0.05, 0) is 32.0 Å². The van der Waals surface area contributed by atoms with Gasteiger partial charge in [0.25, 0.3) is 3.57 Å². The zero-order chi connectivity index (χ0) is 20.4. The molecule has 0 fully saturated rings. The van der Waals surface area contributed by atoms with E-state index >= 15 is 0 Å². The highest BCUT2D eigenvalue weighted by Crippen LogP contribution is 2.21. The lowest BCUT2D eigenvalue weighted by atomic mass is 10.1. The Labute approximate surface area is 170 Å². The fourth-order valence-electron chi connectivity index (χ4n) is 2.00. The zero-order valence-electron chi connectivity index (χ0n) is 15.5. The van der Waals surface area contributed by atoms with Crippen molar-refractivity contribution in [2.75, 3.05) is 21.0 Å². The summed E-state index contributed by atoms with van der Waals surface area (Å²) in [5.41, 5.74) is 1.91. The van der Waals surface area contributed by atoms with Crippen LogP contribution in [0.1, 0.15) is 24.2 Å². The number of benzene rings is 2. The van der Waals surface area contributed by atoms with Crippen molar-refractivity contribution < 1.29 is 52.2 Å². The van der Waals surface area contributed by atoms with E-state index in [9.17, 15) is 16.4 Å². The summed E-state index contributed by atoms with van der Waals surface area (Å²) in [5, 5.41) is 0. The van der Waals surface area contributed by atoms with Gasteiger partial charge in [-0.1, -0.05) is 29.8 Å². The molecule has 0 spiro atoms. The molecule has 0 aromatic heterocycles. The third-order valence-electron chi connectivity index (χ3n) is 3.51. The topological polar surface area (TPSA) is 105 Å². The largest absolute Gasteiger partial charge is 0.744 e. The third-order valence-corrected chi connectivity index (χ3v) is 6.00. The minimum Gasteiger partial charge on any atom is -0.744 e. The maximum absolute atomic E-state index is 10.4. The van der Waals surface area contributed by atoms with E-state index in [2.05, 4.69) is 0 Å². The summed E-state index contributed by atoms with van der Waals surface area (Å²) >= 11 is -1.05. The van der Waals surface area contributed by atoms with Crippen LogP contribution < -0.4 is 26.4 Å². The lowest BCUT2D eigenvalue weighted by Gasteiger charge is -2.11. The van der Waals surface area contributed by atoms with Crippen molar-refractivity contribution in [3.05, 3.63) is 57.2 Å². The molecule has 0 unspecified atom stereocenters. The lowest BCUT2D eigenvalue weighted by molar-refractivity contribution is -0.867. The third kappa shape index (κ3) is 7.72. The van der Waals surface area contributed by atoms with Crippen molar-refractivity contribution in [1.29, 1.82) is 0 Å². The first kappa shape index (κ1) is 23.8. The average molecular weight is 510 g/mol. The number of halogens is 1. The Morgan fingerprint density at radius 1 is 1.15 bits per heavy atom. The SMILES string of the molecule is COCOc1cccc([C@H](C)OC)c1[I+]O.Cc1ccc(S(=O)(=O)[O-])cc1. The maximum Gasteiger partial charge on any atom is 0.523 e. The average Bonchev–Trinajstić information content (AvgIpc) is 2.65. The summed E-state index contributed by atoms with van der Waals surface area (Å²) in [4.78, 5) is -0.178. The highest BCUT2D eigenvalue weighted by molar-refractivity contribution is 7.85. The first-order chi connectivity index (χ1) is 12.7. The van der Waals surface area contributed by atoms with Crippen molar-refractivity contribution >= 4 is 10.1 Å². The fraction of sp³-hybridized carbons (Fsp3) is 0.333. The van der Waals surface area contributed by atoms with Crippen LogP contribution in [0.4, 0.5) is 0 Å². The molecule has 2 aromatic carbocycles. The van der Waals surface area contributed by atoms with Crippen molar-refractivity contribution in [3.8, 4) is 5.75 Å². The molecule has 0 heterocycles. The molecule has 2 rings (SSSR count). The molecule has 27 heavy (non-hydrogen) atoms. The Bertz CT molecular complexity index is 807. The molecule has 150 valence electrons. The quantitative estimate of drug-likeness (QED) is 0.303. The Morgan fingerprint density at radius 3 is 2.26 bits per heavy atom. The molecule has 1 N–H and O–H groups in total. The minimum atomic E-state index is -4.27. The Balaban J connectivity index is 0.000000289. The van der Waals surface area contributed by atoms with Crippen LogP contribution in [-0.2, 0) is 19.6 Å². The molecule has 0 bridgehead atoms. The zero-order valence-corrected chi connectivity index (χ0v) is 18.5. The van der Waals surface area contributed by atoms with Gasteiger partial charge < -0.3 is 18.8 Å². The van der Waals surface area contributed by atoms with Gasteiger partial charge in [0, 0.05) is 19.8 Å². The molecule has 7 nitrogen and oxygen atoms in total. The van der Waals surface area contributed by atoms with Crippen LogP contribution in [0, 0.1) is 10.5 Å². The van der Waals surface area contributed by atoms with Gasteiger partial charge in [0.05, 0.1) is 11.0 Å². The van der Waals surface area contributed by atoms with Crippen molar-refractivity contribution in [1.82, 2.24) is 0 Å². The van der Waals surface area contributed by atoms with Gasteiger partial charge in [-0.15, -0.1) is 0 Å². The van der Waals surface area contributed by atoms with E-state index in [1.165, 1.54) is 12.1 Å². The number of aryl methyl sites for hydroxylation is 1. The molecule has 1 atom stereocenters. The Morgan fingerprint density at radius 2 is 1.78 bits per heavy atom. The van der Waals surface area contributed by atoms with Gasteiger partial charge in [-0.3, -0.25) is 0 Å². The second-order valence-electron chi connectivity index (χ2n) is 5.44. The maximum atomic E-state index is 10.4. The number of hydrogen-bond donors (Lipinski definition) is 1. The molecular weight excluding hydrogens is 487 g/mol. The summed E-state index contributed by atoms with van der Waals surface area (Å²) in [6.45, 7) is 3.95. The predicted molar refractivity (Wildman–Crippen MR) is 94.4 cm³/mol. The van der Waals surface area contributed by atoms with Crippen molar-refractivity contribution in [2.45, 2.75) is 24.8 Å². The van der Waals surface area contributed by atoms with E-state index in [-0.39, 0.29) is 17.8 Å². The Hall–Kier alpha value is -1.24. The van der Waals surface area contributed by atoms with Crippen LogP contribution in [-0.4, -0.2) is 37.4 Å². The highest BCUT2D eigenvalue weighted by atomic mass is 127. The molecule has 0 radical (unpaired) electrons. The molecule has 0 aliphatic rings. The van der Waals surface area contributed by atoms with Crippen LogP contribution in [0.3, 0.4) is 0 Å². The van der Waals surface area contributed by atoms with E-state index in [1.54, 1.807) is 26.4 Å². The van der Waals surface area contributed by atoms with Crippen molar-refractivity contribution in [2.24, 2.45) is 0 Å². The van der Waals surface area contributed by atoms with Crippen LogP contribution >= 0.6 is 0 Å². The first-order valence-electron chi connectivity index (χ1n) is 7.83. The van der Waals surface area contributed by atoms with Crippen LogP contribution in [0.5, 0.6) is 5.75 Å². The molecule has 0 aliphatic carbocycles. The molecule has 2 aromatic rings. The summed E-state index contributed by atoms with van der Waals surface area (Å²) in [7, 11) is -1.06. The van der Waals surface area contributed by atoms with Crippen LogP contribution in [0.15, 0.2) is 47.4 Å². The number of rotatable bonds is 7. The number of hydrogen-bond acceptors (Lipinski definition) is 7. The molecule has 0 saturated heterocycles. The van der Waals surface area contributed by atoms with Crippen molar-refractivity contribution in [3.63, 3.8) is 0 Å². The van der Waals surface area contributed by atoms with Crippen LogP contribution in [0.25, 0.3) is 0 Å².